The second-order valence-corrected chi connectivity index (χ2v) is 5.90. The number of hydrogen-bond acceptors (Lipinski definition) is 2. The molecule has 1 saturated carbocycles. The van der Waals surface area contributed by atoms with Gasteiger partial charge in [0.2, 0.25) is 0 Å². The lowest BCUT2D eigenvalue weighted by Gasteiger charge is -2.19. The fourth-order valence-corrected chi connectivity index (χ4v) is 3.09. The minimum absolute atomic E-state index is 0.693. The lowest BCUT2D eigenvalue weighted by molar-refractivity contribution is 0.548. The highest BCUT2D eigenvalue weighted by atomic mass is 15.2. The molecule has 1 aliphatic carbocycles. The number of benzene rings is 2. The van der Waals surface area contributed by atoms with Crippen LogP contribution in [0.4, 0.5) is 5.69 Å². The van der Waals surface area contributed by atoms with E-state index < -0.39 is 0 Å². The van der Waals surface area contributed by atoms with E-state index in [9.17, 15) is 0 Å². The van der Waals surface area contributed by atoms with Gasteiger partial charge in [0.15, 0.2) is 0 Å². The molecule has 0 radical (unpaired) electrons. The van der Waals surface area contributed by atoms with Crippen molar-refractivity contribution in [3.63, 3.8) is 0 Å². The fourth-order valence-electron chi connectivity index (χ4n) is 3.09. The van der Waals surface area contributed by atoms with Crippen LogP contribution in [0.2, 0.25) is 0 Å². The highest BCUT2D eigenvalue weighted by molar-refractivity contribution is 5.85. The summed E-state index contributed by atoms with van der Waals surface area (Å²) in [4.78, 5) is 2.52. The van der Waals surface area contributed by atoms with Gasteiger partial charge < -0.3 is 10.2 Å². The Labute approximate surface area is 114 Å². The number of anilines is 1. The Balaban J connectivity index is 1.53. The third-order valence-corrected chi connectivity index (χ3v) is 4.34. The fraction of sp³-hybridized carbons (Fsp3) is 0.412. The molecule has 4 rings (SSSR count). The predicted molar refractivity (Wildman–Crippen MR) is 80.7 cm³/mol. The van der Waals surface area contributed by atoms with E-state index in [1.54, 1.807) is 0 Å². The molecular formula is C17H20N2. The summed E-state index contributed by atoms with van der Waals surface area (Å²) in [5.41, 5.74) is 1.37. The van der Waals surface area contributed by atoms with Crippen molar-refractivity contribution >= 4 is 16.5 Å². The molecule has 1 saturated heterocycles. The molecule has 1 unspecified atom stereocenters. The Bertz CT molecular complexity index is 589. The molecule has 2 aromatic rings. The van der Waals surface area contributed by atoms with Crippen LogP contribution in [-0.2, 0) is 0 Å². The molecule has 2 fully saturated rings. The van der Waals surface area contributed by atoms with Gasteiger partial charge in [-0.25, -0.2) is 0 Å². The Morgan fingerprint density at radius 1 is 0.895 bits per heavy atom. The quantitative estimate of drug-likeness (QED) is 0.902. The van der Waals surface area contributed by atoms with Gasteiger partial charge >= 0.3 is 0 Å². The molecule has 1 N–H and O–H groups in total. The van der Waals surface area contributed by atoms with Crippen LogP contribution >= 0.6 is 0 Å². The molecule has 0 amide bonds. The van der Waals surface area contributed by atoms with Crippen molar-refractivity contribution < 1.29 is 0 Å². The van der Waals surface area contributed by atoms with Gasteiger partial charge in [-0.2, -0.15) is 0 Å². The summed E-state index contributed by atoms with van der Waals surface area (Å²) in [6.45, 7) is 2.34. The Morgan fingerprint density at radius 3 is 2.58 bits per heavy atom. The summed E-state index contributed by atoms with van der Waals surface area (Å²) < 4.78 is 0. The Kier molecular flexibility index (Phi) is 2.70. The van der Waals surface area contributed by atoms with E-state index >= 15 is 0 Å². The average molecular weight is 252 g/mol. The topological polar surface area (TPSA) is 15.3 Å². The van der Waals surface area contributed by atoms with Gasteiger partial charge in [0.25, 0.3) is 0 Å². The summed E-state index contributed by atoms with van der Waals surface area (Å²) in [5.74, 6) is 0. The minimum Gasteiger partial charge on any atom is -0.370 e. The van der Waals surface area contributed by atoms with Crippen LogP contribution in [0.5, 0.6) is 0 Å². The van der Waals surface area contributed by atoms with E-state index in [4.69, 9.17) is 0 Å². The second-order valence-electron chi connectivity index (χ2n) is 5.90. The highest BCUT2D eigenvalue weighted by Crippen LogP contribution is 2.27. The summed E-state index contributed by atoms with van der Waals surface area (Å²) in [6.07, 6.45) is 4.04. The number of nitrogens with zero attached hydrogens (tertiary/aromatic N) is 1. The lowest BCUT2D eigenvalue weighted by atomic mass is 10.1. The predicted octanol–water partition coefficient (Wildman–Crippen LogP) is 3.17. The molecule has 1 aliphatic heterocycles. The van der Waals surface area contributed by atoms with Crippen molar-refractivity contribution in [2.24, 2.45) is 0 Å². The Morgan fingerprint density at radius 2 is 1.74 bits per heavy atom. The summed E-state index contributed by atoms with van der Waals surface area (Å²) in [7, 11) is 0. The molecular weight excluding hydrogens is 232 g/mol. The lowest BCUT2D eigenvalue weighted by Crippen LogP contribution is -2.33. The average Bonchev–Trinajstić information content (AvgIpc) is 3.14. The van der Waals surface area contributed by atoms with Crippen LogP contribution in [0.1, 0.15) is 19.3 Å². The van der Waals surface area contributed by atoms with Gasteiger partial charge in [-0.1, -0.05) is 30.3 Å². The van der Waals surface area contributed by atoms with Crippen LogP contribution in [0, 0.1) is 0 Å². The first-order valence-corrected chi connectivity index (χ1v) is 7.38. The summed E-state index contributed by atoms with van der Waals surface area (Å²) in [5, 5.41) is 6.43. The van der Waals surface area contributed by atoms with Crippen molar-refractivity contribution in [1.29, 1.82) is 0 Å². The monoisotopic (exact) mass is 252 g/mol. The van der Waals surface area contributed by atoms with Crippen LogP contribution in [0.15, 0.2) is 42.5 Å². The van der Waals surface area contributed by atoms with Gasteiger partial charge in [-0.3, -0.25) is 0 Å². The molecule has 0 aromatic heterocycles. The summed E-state index contributed by atoms with van der Waals surface area (Å²) in [6, 6.07) is 17.0. The Hall–Kier alpha value is -1.54. The van der Waals surface area contributed by atoms with Crippen LogP contribution < -0.4 is 10.2 Å². The van der Waals surface area contributed by atoms with Crippen molar-refractivity contribution in [2.45, 2.75) is 31.3 Å². The first-order chi connectivity index (χ1) is 9.38. The molecule has 98 valence electrons. The van der Waals surface area contributed by atoms with Crippen LogP contribution in [0.3, 0.4) is 0 Å². The zero-order valence-electron chi connectivity index (χ0n) is 11.2. The number of hydrogen-bond donors (Lipinski definition) is 1. The molecule has 2 aliphatic rings. The number of fused-ring (bicyclic) bond motifs is 1. The number of rotatable bonds is 3. The van der Waals surface area contributed by atoms with E-state index in [2.05, 4.69) is 52.7 Å². The van der Waals surface area contributed by atoms with Crippen LogP contribution in [0.25, 0.3) is 10.8 Å². The van der Waals surface area contributed by atoms with E-state index in [0.717, 1.165) is 12.6 Å². The smallest absolute Gasteiger partial charge is 0.0373 e. The van der Waals surface area contributed by atoms with Crippen molar-refractivity contribution in [2.75, 3.05) is 18.0 Å². The molecule has 2 heteroatoms. The maximum Gasteiger partial charge on any atom is 0.0373 e. The van der Waals surface area contributed by atoms with Crippen LogP contribution in [-0.4, -0.2) is 25.2 Å². The zero-order valence-corrected chi connectivity index (χ0v) is 11.2. The normalized spacial score (nSPS) is 23.2. The first kappa shape index (κ1) is 11.3. The largest absolute Gasteiger partial charge is 0.370 e. The van der Waals surface area contributed by atoms with Gasteiger partial charge in [0.05, 0.1) is 0 Å². The van der Waals surface area contributed by atoms with Gasteiger partial charge in [-0.05, 0) is 42.2 Å². The zero-order chi connectivity index (χ0) is 12.7. The van der Waals surface area contributed by atoms with E-state index in [-0.39, 0.29) is 0 Å². The van der Waals surface area contributed by atoms with Crippen molar-refractivity contribution in [1.82, 2.24) is 5.32 Å². The third kappa shape index (κ3) is 2.33. The van der Waals surface area contributed by atoms with Gasteiger partial charge in [0, 0.05) is 30.9 Å². The second kappa shape index (κ2) is 4.53. The molecule has 2 aromatic carbocycles. The molecule has 0 spiro atoms. The molecule has 1 atom stereocenters. The van der Waals surface area contributed by atoms with Gasteiger partial charge in [0.1, 0.15) is 0 Å². The standard InChI is InChI=1S/C17H20N2/c1-2-4-14-11-17(8-5-13(14)3-1)19-10-9-16(12-19)18-15-6-7-15/h1-5,8,11,15-16,18H,6-7,9-10,12H2. The summed E-state index contributed by atoms with van der Waals surface area (Å²) >= 11 is 0. The SMILES string of the molecule is c1ccc2cc(N3CCC(NC4CC4)C3)ccc2c1. The first-order valence-electron chi connectivity index (χ1n) is 7.38. The van der Waals surface area contributed by atoms with Crippen molar-refractivity contribution in [3.05, 3.63) is 42.5 Å². The molecule has 19 heavy (non-hydrogen) atoms. The third-order valence-electron chi connectivity index (χ3n) is 4.34. The van der Waals surface area contributed by atoms with E-state index in [0.29, 0.717) is 6.04 Å². The molecule has 0 bridgehead atoms. The van der Waals surface area contributed by atoms with E-state index in [1.165, 1.54) is 42.3 Å². The molecule has 2 nitrogen and oxygen atoms in total. The number of nitrogens with one attached hydrogen (secondary N) is 1. The van der Waals surface area contributed by atoms with Gasteiger partial charge in [-0.15, -0.1) is 0 Å². The highest BCUT2D eigenvalue weighted by Gasteiger charge is 2.29. The minimum atomic E-state index is 0.693. The molecule has 1 heterocycles. The van der Waals surface area contributed by atoms with Crippen molar-refractivity contribution in [3.8, 4) is 0 Å². The maximum absolute atomic E-state index is 3.75. The van der Waals surface area contributed by atoms with E-state index in [1.807, 2.05) is 0 Å². The maximum atomic E-state index is 3.75.